The van der Waals surface area contributed by atoms with Crippen LogP contribution in [0.3, 0.4) is 0 Å². The molecule has 9 heteroatoms. The number of alkyl halides is 2. The zero-order chi connectivity index (χ0) is 20.3. The molecule has 4 atom stereocenters. The Hall–Kier alpha value is -1.38. The van der Waals surface area contributed by atoms with Gasteiger partial charge in [-0.15, -0.1) is 0 Å². The second-order valence-corrected chi connectivity index (χ2v) is 6.53. The van der Waals surface area contributed by atoms with Gasteiger partial charge in [-0.3, -0.25) is 15.5 Å². The minimum absolute atomic E-state index is 0.0699. The Morgan fingerprint density at radius 3 is 2.50 bits per heavy atom. The van der Waals surface area contributed by atoms with Gasteiger partial charge in [0.2, 0.25) is 5.91 Å². The van der Waals surface area contributed by atoms with Gasteiger partial charge in [-0.2, -0.15) is 8.78 Å². The van der Waals surface area contributed by atoms with Crippen LogP contribution in [0.5, 0.6) is 0 Å². The number of rotatable bonds is 11. The van der Waals surface area contributed by atoms with Crippen LogP contribution in [-0.2, 0) is 9.53 Å². The lowest BCUT2D eigenvalue weighted by Gasteiger charge is -2.12. The SMILES string of the molecule is CCC(C)CNC(=O)C(C)C=NC(N)N=C(C)C=C(Cl)C(C)OC(F)F. The van der Waals surface area contributed by atoms with E-state index in [0.717, 1.165) is 6.42 Å². The van der Waals surface area contributed by atoms with E-state index in [9.17, 15) is 13.6 Å². The van der Waals surface area contributed by atoms with Gasteiger partial charge >= 0.3 is 6.61 Å². The number of amides is 1. The summed E-state index contributed by atoms with van der Waals surface area (Å²) in [5.41, 5.74) is 6.16. The van der Waals surface area contributed by atoms with Gasteiger partial charge in [0.05, 0.1) is 12.0 Å². The van der Waals surface area contributed by atoms with Gasteiger partial charge in [0.15, 0.2) is 6.29 Å². The predicted octanol–water partition coefficient (Wildman–Crippen LogP) is 3.31. The molecule has 6 nitrogen and oxygen atoms in total. The first-order valence-corrected chi connectivity index (χ1v) is 8.86. The Bertz CT molecular complexity index is 527. The summed E-state index contributed by atoms with van der Waals surface area (Å²) < 4.78 is 28.6. The molecule has 4 unspecified atom stereocenters. The highest BCUT2D eigenvalue weighted by Gasteiger charge is 2.14. The smallest absolute Gasteiger partial charge is 0.345 e. The molecule has 0 bridgehead atoms. The second kappa shape index (κ2) is 12.9. The first kappa shape index (κ1) is 24.6. The van der Waals surface area contributed by atoms with Gasteiger partial charge in [-0.25, -0.2) is 4.99 Å². The maximum atomic E-state index is 12.1. The third kappa shape index (κ3) is 11.3. The fourth-order valence-electron chi connectivity index (χ4n) is 1.68. The largest absolute Gasteiger partial charge is 0.355 e. The molecule has 0 saturated carbocycles. The number of hydrogen-bond acceptors (Lipinski definition) is 5. The van der Waals surface area contributed by atoms with Crippen LogP contribution >= 0.6 is 11.6 Å². The topological polar surface area (TPSA) is 89.1 Å². The van der Waals surface area contributed by atoms with E-state index in [1.807, 2.05) is 0 Å². The van der Waals surface area contributed by atoms with E-state index in [0.29, 0.717) is 18.2 Å². The molecule has 0 heterocycles. The zero-order valence-corrected chi connectivity index (χ0v) is 16.6. The lowest BCUT2D eigenvalue weighted by Crippen LogP contribution is -2.33. The molecule has 26 heavy (non-hydrogen) atoms. The lowest BCUT2D eigenvalue weighted by atomic mass is 10.1. The van der Waals surface area contributed by atoms with Gasteiger partial charge < -0.3 is 10.1 Å². The van der Waals surface area contributed by atoms with Crippen molar-refractivity contribution in [2.75, 3.05) is 6.54 Å². The van der Waals surface area contributed by atoms with Gasteiger partial charge in [0, 0.05) is 23.5 Å². The molecule has 0 rings (SSSR count). The number of carbonyl (C=O) groups excluding carboxylic acids is 1. The summed E-state index contributed by atoms with van der Waals surface area (Å²) in [6.07, 6.45) is 1.91. The van der Waals surface area contributed by atoms with Crippen LogP contribution in [0.25, 0.3) is 0 Å². The van der Waals surface area contributed by atoms with Gasteiger partial charge in [0.1, 0.15) is 0 Å². The van der Waals surface area contributed by atoms with Gasteiger partial charge in [-0.1, -0.05) is 31.9 Å². The monoisotopic (exact) mass is 394 g/mol. The van der Waals surface area contributed by atoms with Crippen LogP contribution in [0.15, 0.2) is 21.1 Å². The second-order valence-electron chi connectivity index (χ2n) is 6.10. The highest BCUT2D eigenvalue weighted by Crippen LogP contribution is 2.14. The van der Waals surface area contributed by atoms with Crippen LogP contribution in [0.2, 0.25) is 0 Å². The highest BCUT2D eigenvalue weighted by atomic mass is 35.5. The quantitative estimate of drug-likeness (QED) is 0.527. The summed E-state index contributed by atoms with van der Waals surface area (Å²) in [6.45, 7) is 6.52. The number of carbonyl (C=O) groups is 1. The molecular formula is C17H29ClF2N4O2. The fourth-order valence-corrected chi connectivity index (χ4v) is 1.89. The fraction of sp³-hybridized carbons (Fsp3) is 0.706. The maximum Gasteiger partial charge on any atom is 0.345 e. The molecule has 1 amide bonds. The molecule has 0 radical (unpaired) electrons. The Morgan fingerprint density at radius 1 is 1.35 bits per heavy atom. The molecule has 0 spiro atoms. The van der Waals surface area contributed by atoms with Crippen molar-refractivity contribution in [3.05, 3.63) is 11.1 Å². The number of nitrogens with two attached hydrogens (primary N) is 1. The number of hydrogen-bond donors (Lipinski definition) is 2. The van der Waals surface area contributed by atoms with Crippen molar-refractivity contribution in [3.8, 4) is 0 Å². The summed E-state index contributed by atoms with van der Waals surface area (Å²) >= 11 is 5.88. The van der Waals surface area contributed by atoms with E-state index >= 15 is 0 Å². The number of halogens is 3. The molecule has 0 aromatic rings. The molecule has 0 aromatic heterocycles. The van der Waals surface area contributed by atoms with Gasteiger partial charge in [-0.05, 0) is 32.8 Å². The Balaban J connectivity index is 4.64. The van der Waals surface area contributed by atoms with Crippen molar-refractivity contribution in [2.24, 2.45) is 27.6 Å². The molecule has 0 saturated heterocycles. The van der Waals surface area contributed by atoms with E-state index < -0.39 is 24.9 Å². The van der Waals surface area contributed by atoms with Crippen LogP contribution in [-0.4, -0.2) is 43.4 Å². The Kier molecular flexibility index (Phi) is 12.2. The van der Waals surface area contributed by atoms with Crippen LogP contribution < -0.4 is 11.1 Å². The maximum absolute atomic E-state index is 12.1. The minimum Gasteiger partial charge on any atom is -0.355 e. The number of ether oxygens (including phenoxy) is 1. The van der Waals surface area contributed by atoms with Crippen molar-refractivity contribution in [3.63, 3.8) is 0 Å². The molecule has 0 fully saturated rings. The van der Waals surface area contributed by atoms with Crippen molar-refractivity contribution < 1.29 is 18.3 Å². The normalized spacial score (nSPS) is 18.1. The highest BCUT2D eigenvalue weighted by molar-refractivity contribution is 6.31. The van der Waals surface area contributed by atoms with Crippen molar-refractivity contribution >= 4 is 29.4 Å². The Labute approximate surface area is 158 Å². The number of allylic oxidation sites excluding steroid dienone is 1. The summed E-state index contributed by atoms with van der Waals surface area (Å²) in [4.78, 5) is 20.0. The van der Waals surface area contributed by atoms with E-state index in [-0.39, 0.29) is 10.9 Å². The Morgan fingerprint density at radius 2 is 1.96 bits per heavy atom. The van der Waals surface area contributed by atoms with Crippen LogP contribution in [0, 0.1) is 11.8 Å². The van der Waals surface area contributed by atoms with E-state index in [4.69, 9.17) is 17.3 Å². The predicted molar refractivity (Wildman–Crippen MR) is 102 cm³/mol. The van der Waals surface area contributed by atoms with E-state index in [1.165, 1.54) is 19.2 Å². The van der Waals surface area contributed by atoms with Crippen molar-refractivity contribution in [1.82, 2.24) is 5.32 Å². The third-order valence-corrected chi connectivity index (χ3v) is 3.99. The summed E-state index contributed by atoms with van der Waals surface area (Å²) in [5.74, 6) is -0.173. The average Bonchev–Trinajstić information content (AvgIpc) is 2.56. The van der Waals surface area contributed by atoms with E-state index in [2.05, 4.69) is 33.9 Å². The summed E-state index contributed by atoms with van der Waals surface area (Å²) in [5, 5.41) is 2.91. The van der Waals surface area contributed by atoms with Crippen molar-refractivity contribution in [1.29, 1.82) is 0 Å². The minimum atomic E-state index is -2.91. The summed E-state index contributed by atoms with van der Waals surface area (Å²) in [6, 6.07) is 0. The molecular weight excluding hydrogens is 366 g/mol. The van der Waals surface area contributed by atoms with Crippen molar-refractivity contribution in [2.45, 2.75) is 60.0 Å². The lowest BCUT2D eigenvalue weighted by molar-refractivity contribution is -0.146. The molecule has 0 aliphatic rings. The first-order valence-electron chi connectivity index (χ1n) is 8.48. The first-order chi connectivity index (χ1) is 12.1. The average molecular weight is 395 g/mol. The number of aliphatic imine (C=N–C) groups is 2. The van der Waals surface area contributed by atoms with Crippen LogP contribution in [0.1, 0.15) is 41.0 Å². The number of nitrogens with zero attached hydrogens (tertiary/aromatic N) is 2. The van der Waals surface area contributed by atoms with Crippen LogP contribution in [0.4, 0.5) is 8.78 Å². The standard InChI is InChI=1S/C17H29ClF2N4O2/c1-6-10(2)8-22-15(25)11(3)9-23-17(21)24-12(4)7-14(18)13(5)26-16(19)20/h7,9-11,13,16-17H,6,8,21H2,1-5H3,(H,22,25). The number of nitrogens with one attached hydrogen (secondary N) is 1. The zero-order valence-electron chi connectivity index (χ0n) is 15.9. The third-order valence-electron chi connectivity index (χ3n) is 3.58. The summed E-state index contributed by atoms with van der Waals surface area (Å²) in [7, 11) is 0. The van der Waals surface area contributed by atoms with E-state index in [1.54, 1.807) is 13.8 Å². The molecule has 0 aliphatic carbocycles. The molecule has 0 aliphatic heterocycles. The molecule has 3 N–H and O–H groups in total. The van der Waals surface area contributed by atoms with Gasteiger partial charge in [0.25, 0.3) is 0 Å². The molecule has 0 aromatic carbocycles. The molecule has 150 valence electrons.